The number of hydrogen-bond acceptors (Lipinski definition) is 4. The molecule has 0 saturated heterocycles. The molecule has 0 unspecified atom stereocenters. The van der Waals surface area contributed by atoms with Crippen LogP contribution < -0.4 is 25.4 Å². The fourth-order valence-electron chi connectivity index (χ4n) is 2.22. The Bertz CT molecular complexity index is 879. The van der Waals surface area contributed by atoms with Gasteiger partial charge < -0.3 is 25.4 Å². The van der Waals surface area contributed by atoms with Gasteiger partial charge in [0.25, 0.3) is 5.91 Å². The summed E-state index contributed by atoms with van der Waals surface area (Å²) in [6.45, 7) is 0. The van der Waals surface area contributed by atoms with Crippen LogP contribution >= 0.6 is 47.0 Å². The first kappa shape index (κ1) is 23.3. The monoisotopic (exact) mass is 479 g/mol. The molecule has 2 rings (SSSR count). The number of halogens is 4. The molecule has 2 aromatic carbocycles. The predicted molar refractivity (Wildman–Crippen MR) is 117 cm³/mol. The van der Waals surface area contributed by atoms with Crippen molar-refractivity contribution in [3.8, 4) is 11.5 Å². The number of methoxy groups -OCH3 is 2. The lowest BCUT2D eigenvalue weighted by Crippen LogP contribution is -2.56. The normalized spacial score (nSPS) is 11.9. The van der Waals surface area contributed by atoms with Gasteiger partial charge in [-0.3, -0.25) is 4.79 Å². The first-order valence-electron chi connectivity index (χ1n) is 8.06. The van der Waals surface area contributed by atoms with Gasteiger partial charge in [0, 0.05) is 11.3 Å². The minimum atomic E-state index is -1.93. The van der Waals surface area contributed by atoms with Crippen LogP contribution in [0.25, 0.3) is 0 Å². The Morgan fingerprint density at radius 1 is 1.03 bits per heavy atom. The molecule has 0 saturated carbocycles. The molecule has 1 atom stereocenters. The average molecular weight is 481 g/mol. The highest BCUT2D eigenvalue weighted by Crippen LogP contribution is 2.30. The second-order valence-corrected chi connectivity index (χ2v) is 8.40. The van der Waals surface area contributed by atoms with Gasteiger partial charge in [0.1, 0.15) is 12.0 Å². The molecule has 0 spiro atoms. The average Bonchev–Trinajstić information content (AvgIpc) is 2.67. The minimum Gasteiger partial charge on any atom is -0.493 e. The molecule has 0 bridgehead atoms. The van der Waals surface area contributed by atoms with Crippen molar-refractivity contribution in [2.24, 2.45) is 0 Å². The molecule has 0 heterocycles. The highest BCUT2D eigenvalue weighted by molar-refractivity contribution is 7.80. The van der Waals surface area contributed by atoms with Gasteiger partial charge in [0.05, 0.1) is 14.2 Å². The maximum Gasteiger partial charge on any atom is 0.253 e. The summed E-state index contributed by atoms with van der Waals surface area (Å²) in [6.07, 6.45) is -1.17. The Morgan fingerprint density at radius 2 is 1.66 bits per heavy atom. The lowest BCUT2D eigenvalue weighted by molar-refractivity contribution is 0.0934. The van der Waals surface area contributed by atoms with Crippen LogP contribution in [-0.2, 0) is 0 Å². The molecule has 0 aliphatic rings. The van der Waals surface area contributed by atoms with E-state index in [0.717, 1.165) is 0 Å². The van der Waals surface area contributed by atoms with Crippen molar-refractivity contribution in [2.45, 2.75) is 9.96 Å². The highest BCUT2D eigenvalue weighted by atomic mass is 35.6. The highest BCUT2D eigenvalue weighted by Gasteiger charge is 2.35. The smallest absolute Gasteiger partial charge is 0.253 e. The molecule has 0 fully saturated rings. The summed E-state index contributed by atoms with van der Waals surface area (Å²) in [4.78, 5) is 12.6. The van der Waals surface area contributed by atoms with Crippen LogP contribution in [0.15, 0.2) is 42.5 Å². The molecule has 1 amide bonds. The summed E-state index contributed by atoms with van der Waals surface area (Å²) in [5.41, 5.74) is 0.763. The molecule has 6 nitrogen and oxygen atoms in total. The Morgan fingerprint density at radius 3 is 2.21 bits per heavy atom. The van der Waals surface area contributed by atoms with Crippen LogP contribution in [0.3, 0.4) is 0 Å². The largest absolute Gasteiger partial charge is 0.493 e. The minimum absolute atomic E-state index is 0.0561. The number of amides is 1. The van der Waals surface area contributed by atoms with E-state index in [-0.39, 0.29) is 10.7 Å². The van der Waals surface area contributed by atoms with E-state index in [1.54, 1.807) is 6.07 Å². The third kappa shape index (κ3) is 6.78. The van der Waals surface area contributed by atoms with Crippen molar-refractivity contribution in [1.29, 1.82) is 0 Å². The summed E-state index contributed by atoms with van der Waals surface area (Å²) in [5, 5.41) is 8.14. The standard InChI is InChI=1S/C18H17Cl3FN3O3S/c1-27-13-8-3-10(9-14(13)28-2)15(26)24-16(18(19,20)21)25-17(29)23-12-6-4-11(22)5-7-12/h3-9,16H,1-2H3,(H,24,26)(H2,23,25,29)/t16-/m1/s1. The van der Waals surface area contributed by atoms with Crippen LogP contribution in [0.2, 0.25) is 0 Å². The maximum atomic E-state index is 13.0. The van der Waals surface area contributed by atoms with Crippen LogP contribution in [-0.4, -0.2) is 35.2 Å². The Balaban J connectivity index is 2.11. The molecule has 0 aliphatic carbocycles. The molecule has 0 aliphatic heterocycles. The van der Waals surface area contributed by atoms with Gasteiger partial charge in [-0.25, -0.2) is 4.39 Å². The second kappa shape index (κ2) is 10.2. The Labute approximate surface area is 187 Å². The SMILES string of the molecule is COc1ccc(C(=O)N[C@H](NC(=S)Nc2ccc(F)cc2)C(Cl)(Cl)Cl)cc1OC. The zero-order chi connectivity index (χ0) is 21.6. The molecule has 11 heteroatoms. The molecular weight excluding hydrogens is 464 g/mol. The van der Waals surface area contributed by atoms with E-state index in [4.69, 9.17) is 56.5 Å². The molecule has 29 heavy (non-hydrogen) atoms. The van der Waals surface area contributed by atoms with E-state index >= 15 is 0 Å². The number of hydrogen-bond donors (Lipinski definition) is 3. The van der Waals surface area contributed by atoms with Gasteiger partial charge in [-0.05, 0) is 54.7 Å². The first-order valence-corrected chi connectivity index (χ1v) is 9.61. The predicted octanol–water partition coefficient (Wildman–Crippen LogP) is 4.26. The number of benzene rings is 2. The van der Waals surface area contributed by atoms with Crippen molar-refractivity contribution in [3.05, 3.63) is 53.8 Å². The van der Waals surface area contributed by atoms with Crippen molar-refractivity contribution >= 4 is 63.7 Å². The van der Waals surface area contributed by atoms with Crippen molar-refractivity contribution in [2.75, 3.05) is 19.5 Å². The van der Waals surface area contributed by atoms with Crippen molar-refractivity contribution in [3.63, 3.8) is 0 Å². The lowest BCUT2D eigenvalue weighted by Gasteiger charge is -2.28. The summed E-state index contributed by atoms with van der Waals surface area (Å²) < 4.78 is 21.4. The number of carbonyl (C=O) groups excluding carboxylic acids is 1. The number of anilines is 1. The Hall–Kier alpha value is -2.00. The van der Waals surface area contributed by atoms with Crippen LogP contribution in [0.5, 0.6) is 11.5 Å². The van der Waals surface area contributed by atoms with E-state index in [9.17, 15) is 9.18 Å². The van der Waals surface area contributed by atoms with Crippen molar-refractivity contribution < 1.29 is 18.7 Å². The molecule has 3 N–H and O–H groups in total. The third-order valence-electron chi connectivity index (χ3n) is 3.63. The van der Waals surface area contributed by atoms with Gasteiger partial charge in [0.2, 0.25) is 3.79 Å². The fraction of sp³-hybridized carbons (Fsp3) is 0.222. The number of nitrogens with one attached hydrogen (secondary N) is 3. The topological polar surface area (TPSA) is 71.6 Å². The molecule has 2 aromatic rings. The molecule has 156 valence electrons. The Kier molecular flexibility index (Phi) is 8.15. The summed E-state index contributed by atoms with van der Waals surface area (Å²) in [5.74, 6) is -0.105. The van der Waals surface area contributed by atoms with Crippen molar-refractivity contribution in [1.82, 2.24) is 10.6 Å². The zero-order valence-corrected chi connectivity index (χ0v) is 18.3. The quantitative estimate of drug-likeness (QED) is 0.326. The third-order valence-corrected chi connectivity index (χ3v) is 4.50. The van der Waals surface area contributed by atoms with Gasteiger partial charge in [-0.1, -0.05) is 34.8 Å². The number of rotatable bonds is 6. The van der Waals surface area contributed by atoms with Gasteiger partial charge >= 0.3 is 0 Å². The second-order valence-electron chi connectivity index (χ2n) is 5.62. The van der Waals surface area contributed by atoms with Crippen LogP contribution in [0.1, 0.15) is 10.4 Å². The fourth-order valence-corrected chi connectivity index (χ4v) is 2.79. The van der Waals surface area contributed by atoms with Crippen LogP contribution in [0.4, 0.5) is 10.1 Å². The summed E-state index contributed by atoms with van der Waals surface area (Å²) in [6, 6.07) is 10.1. The summed E-state index contributed by atoms with van der Waals surface area (Å²) >= 11 is 23.1. The van der Waals surface area contributed by atoms with Gasteiger partial charge in [0.15, 0.2) is 16.6 Å². The molecule has 0 aromatic heterocycles. The number of carbonyl (C=O) groups is 1. The first-order chi connectivity index (χ1) is 13.6. The van der Waals surface area contributed by atoms with Crippen LogP contribution in [0, 0.1) is 5.82 Å². The number of thiocarbonyl (C=S) groups is 1. The summed E-state index contributed by atoms with van der Waals surface area (Å²) in [7, 11) is 2.93. The molecule has 0 radical (unpaired) electrons. The maximum absolute atomic E-state index is 13.0. The van der Waals surface area contributed by atoms with E-state index in [0.29, 0.717) is 17.2 Å². The van der Waals surface area contributed by atoms with Gasteiger partial charge in [-0.2, -0.15) is 0 Å². The lowest BCUT2D eigenvalue weighted by atomic mass is 10.2. The number of alkyl halides is 3. The molecular formula is C18H17Cl3FN3O3S. The zero-order valence-electron chi connectivity index (χ0n) is 15.3. The van der Waals surface area contributed by atoms with E-state index in [1.807, 2.05) is 0 Å². The van der Waals surface area contributed by atoms with E-state index in [2.05, 4.69) is 16.0 Å². The van der Waals surface area contributed by atoms with Gasteiger partial charge in [-0.15, -0.1) is 0 Å². The number of ether oxygens (including phenoxy) is 2. The van der Waals surface area contributed by atoms with E-state index in [1.165, 1.54) is 50.6 Å². The van der Waals surface area contributed by atoms with E-state index < -0.39 is 21.7 Å².